The van der Waals surface area contributed by atoms with Gasteiger partial charge in [0.1, 0.15) is 0 Å². The lowest BCUT2D eigenvalue weighted by Crippen LogP contribution is -2.19. The zero-order valence-electron chi connectivity index (χ0n) is 19.7. The van der Waals surface area contributed by atoms with Crippen molar-refractivity contribution in [3.8, 4) is 16.3 Å². The van der Waals surface area contributed by atoms with Crippen molar-refractivity contribution in [3.05, 3.63) is 64.6 Å². The molecule has 1 aliphatic carbocycles. The van der Waals surface area contributed by atoms with Gasteiger partial charge in [0.15, 0.2) is 5.69 Å². The fraction of sp³-hybridized carbons (Fsp3) is 0.346. The minimum Gasteiger partial charge on any atom is -0.481 e. The lowest BCUT2D eigenvalue weighted by molar-refractivity contribution is 0.0692. The van der Waals surface area contributed by atoms with Crippen molar-refractivity contribution < 1.29 is 14.6 Å². The van der Waals surface area contributed by atoms with Crippen molar-refractivity contribution in [2.45, 2.75) is 33.1 Å². The average molecular weight is 479 g/mol. The number of rotatable bonds is 8. The first-order valence-corrected chi connectivity index (χ1v) is 12.2. The lowest BCUT2D eigenvalue weighted by atomic mass is 10.1. The number of benzene rings is 1. The van der Waals surface area contributed by atoms with E-state index in [0.29, 0.717) is 15.8 Å². The zero-order chi connectivity index (χ0) is 24.1. The number of carboxylic acid groups (broad SMARTS) is 1. The summed E-state index contributed by atoms with van der Waals surface area (Å²) in [6.07, 6.45) is 7.72. The molecule has 3 N–H and O–H groups in total. The molecule has 4 aromatic rings. The van der Waals surface area contributed by atoms with Crippen LogP contribution in [0, 0.1) is 19.8 Å². The quantitative estimate of drug-likeness (QED) is 0.300. The normalized spacial score (nSPS) is 12.9. The Hall–Kier alpha value is -3.23. The third-order valence-corrected chi connectivity index (χ3v) is 6.79. The molecule has 0 aliphatic heterocycles. The molecule has 0 saturated heterocycles. The third-order valence-electron chi connectivity index (χ3n) is 5.77. The highest BCUT2D eigenvalue weighted by Gasteiger charge is 2.20. The van der Waals surface area contributed by atoms with Crippen LogP contribution in [0.3, 0.4) is 0 Å². The van der Waals surface area contributed by atoms with E-state index in [1.165, 1.54) is 59.9 Å². The summed E-state index contributed by atoms with van der Waals surface area (Å²) in [5.74, 6) is 0.438. The summed E-state index contributed by atoms with van der Waals surface area (Å²) in [5, 5.41) is 14.7. The number of aromatic amines is 1. The molecule has 0 atom stereocenters. The largest absolute Gasteiger partial charge is 0.481 e. The van der Waals surface area contributed by atoms with Crippen LogP contribution >= 0.6 is 11.3 Å². The Labute approximate surface area is 203 Å². The Balaban J connectivity index is 0.000000161. The van der Waals surface area contributed by atoms with E-state index >= 15 is 0 Å². The Morgan fingerprint density at radius 2 is 2.09 bits per heavy atom. The number of aryl methyl sites for hydroxylation is 2. The molecule has 5 rings (SSSR count). The van der Waals surface area contributed by atoms with Crippen molar-refractivity contribution in [1.29, 1.82) is 0 Å². The molecule has 1 saturated carbocycles. The fourth-order valence-electron chi connectivity index (χ4n) is 3.76. The highest BCUT2D eigenvalue weighted by molar-refractivity contribution is 7.15. The van der Waals surface area contributed by atoms with Gasteiger partial charge < -0.3 is 20.1 Å². The highest BCUT2D eigenvalue weighted by Crippen LogP contribution is 2.30. The molecule has 8 heteroatoms. The number of hydrogen-bond donors (Lipinski definition) is 3. The molecule has 1 fully saturated rings. The van der Waals surface area contributed by atoms with Crippen LogP contribution in [-0.4, -0.2) is 46.2 Å². The van der Waals surface area contributed by atoms with E-state index in [4.69, 9.17) is 9.84 Å². The number of hydrogen-bond acceptors (Lipinski definition) is 6. The van der Waals surface area contributed by atoms with Gasteiger partial charge in [0.25, 0.3) is 0 Å². The number of carboxylic acids is 1. The predicted molar refractivity (Wildman–Crippen MR) is 136 cm³/mol. The fourth-order valence-corrected chi connectivity index (χ4v) is 4.66. The Kier molecular flexibility index (Phi) is 7.59. The van der Waals surface area contributed by atoms with Gasteiger partial charge in [-0.1, -0.05) is 12.1 Å². The molecule has 34 heavy (non-hydrogen) atoms. The Morgan fingerprint density at radius 3 is 2.76 bits per heavy atom. The first-order valence-electron chi connectivity index (χ1n) is 11.4. The molecule has 1 aliphatic rings. The van der Waals surface area contributed by atoms with Gasteiger partial charge in [0.2, 0.25) is 5.88 Å². The average Bonchev–Trinajstić information content (AvgIpc) is 3.45. The predicted octanol–water partition coefficient (Wildman–Crippen LogP) is 5.24. The number of methoxy groups -OCH3 is 1. The summed E-state index contributed by atoms with van der Waals surface area (Å²) in [4.78, 5) is 23.0. The maximum Gasteiger partial charge on any atom is 0.356 e. The number of ether oxygens (including phenoxy) is 1. The van der Waals surface area contributed by atoms with Crippen molar-refractivity contribution in [1.82, 2.24) is 20.3 Å². The van der Waals surface area contributed by atoms with Crippen molar-refractivity contribution >= 4 is 28.2 Å². The van der Waals surface area contributed by atoms with Crippen LogP contribution in [0.2, 0.25) is 0 Å². The van der Waals surface area contributed by atoms with Gasteiger partial charge in [-0.3, -0.25) is 0 Å². The molecular formula is C26H30N4O3S. The van der Waals surface area contributed by atoms with Crippen molar-refractivity contribution in [2.24, 2.45) is 5.92 Å². The second kappa shape index (κ2) is 10.8. The first-order chi connectivity index (χ1) is 16.4. The monoisotopic (exact) mass is 478 g/mol. The van der Waals surface area contributed by atoms with Gasteiger partial charge in [0, 0.05) is 34.9 Å². The number of fused-ring (bicyclic) bond motifs is 1. The summed E-state index contributed by atoms with van der Waals surface area (Å²) in [7, 11) is 1.53. The topological polar surface area (TPSA) is 100 Å². The number of pyridine rings is 1. The van der Waals surface area contributed by atoms with Crippen LogP contribution in [0.5, 0.6) is 5.88 Å². The first kappa shape index (κ1) is 23.9. The molecule has 0 amide bonds. The number of carbonyl (C=O) groups is 1. The van der Waals surface area contributed by atoms with Gasteiger partial charge in [-0.05, 0) is 75.4 Å². The van der Waals surface area contributed by atoms with Crippen LogP contribution in [0.25, 0.3) is 21.3 Å². The molecule has 7 nitrogen and oxygen atoms in total. The van der Waals surface area contributed by atoms with Gasteiger partial charge in [-0.15, -0.1) is 11.3 Å². The molecule has 0 unspecified atom stereocenters. The van der Waals surface area contributed by atoms with E-state index in [1.54, 1.807) is 25.3 Å². The van der Waals surface area contributed by atoms with E-state index in [0.717, 1.165) is 24.4 Å². The molecule has 3 aromatic heterocycles. The minimum atomic E-state index is -1.03. The van der Waals surface area contributed by atoms with Crippen molar-refractivity contribution in [3.63, 3.8) is 0 Å². The van der Waals surface area contributed by atoms with Crippen LogP contribution in [-0.2, 0) is 6.42 Å². The van der Waals surface area contributed by atoms with Crippen LogP contribution in [0.4, 0.5) is 0 Å². The maximum absolute atomic E-state index is 11.0. The van der Waals surface area contributed by atoms with Gasteiger partial charge in [-0.25, -0.2) is 14.8 Å². The molecule has 178 valence electrons. The van der Waals surface area contributed by atoms with Crippen LogP contribution in [0.1, 0.15) is 39.5 Å². The van der Waals surface area contributed by atoms with Crippen LogP contribution in [0.15, 0.2) is 42.7 Å². The summed E-state index contributed by atoms with van der Waals surface area (Å²) in [5.41, 5.74) is 4.82. The van der Waals surface area contributed by atoms with Gasteiger partial charge >= 0.3 is 5.97 Å². The summed E-state index contributed by atoms with van der Waals surface area (Å²) >= 11 is 1.34. The van der Waals surface area contributed by atoms with E-state index < -0.39 is 5.97 Å². The second-order valence-corrected chi connectivity index (χ2v) is 9.77. The number of aromatic nitrogens is 3. The Bertz CT molecular complexity index is 1260. The van der Waals surface area contributed by atoms with E-state index in [9.17, 15) is 4.79 Å². The van der Waals surface area contributed by atoms with Gasteiger partial charge in [-0.2, -0.15) is 0 Å². The van der Waals surface area contributed by atoms with Gasteiger partial charge in [0.05, 0.1) is 17.0 Å². The van der Waals surface area contributed by atoms with E-state index in [2.05, 4.69) is 51.6 Å². The van der Waals surface area contributed by atoms with Crippen LogP contribution < -0.4 is 10.1 Å². The maximum atomic E-state index is 11.0. The van der Waals surface area contributed by atoms with E-state index in [-0.39, 0.29) is 5.69 Å². The second-order valence-electron chi connectivity index (χ2n) is 8.57. The molecule has 0 spiro atoms. The summed E-state index contributed by atoms with van der Waals surface area (Å²) < 4.78 is 4.95. The molecule has 1 aromatic carbocycles. The number of nitrogens with one attached hydrogen (secondary N) is 2. The number of thiazole rings is 1. The number of aromatic carboxylic acids is 1. The standard InChI is InChI=1S/C15H20N2.C11H10N2O3S/c1-11-2-5-14-13(10-17-15(14)8-11)6-7-16-9-12-3-4-12;1-6-13-9(11(14)15)10(17-6)7-3-4-8(16-2)12-5-7/h2,5,8,10,12,16-17H,3-4,6-7,9H2,1H3;3-5H,1-2H3,(H,14,15). The molecule has 0 radical (unpaired) electrons. The molecular weight excluding hydrogens is 448 g/mol. The highest BCUT2D eigenvalue weighted by atomic mass is 32.1. The summed E-state index contributed by atoms with van der Waals surface area (Å²) in [6.45, 7) is 6.22. The Morgan fingerprint density at radius 1 is 1.26 bits per heavy atom. The zero-order valence-corrected chi connectivity index (χ0v) is 20.5. The molecule has 0 bridgehead atoms. The third kappa shape index (κ3) is 6.01. The summed E-state index contributed by atoms with van der Waals surface area (Å²) in [6, 6.07) is 10.1. The minimum absolute atomic E-state index is 0.0690. The molecule has 3 heterocycles. The van der Waals surface area contributed by atoms with E-state index in [1.807, 2.05) is 0 Å². The number of nitrogens with zero attached hydrogens (tertiary/aromatic N) is 2. The van der Waals surface area contributed by atoms with Crippen molar-refractivity contribution in [2.75, 3.05) is 20.2 Å². The number of H-pyrrole nitrogens is 1. The lowest BCUT2D eigenvalue weighted by Gasteiger charge is -2.02. The smallest absolute Gasteiger partial charge is 0.356 e. The SMILES string of the molecule is COc1ccc(-c2sc(C)nc2C(=O)O)cn1.Cc1ccc2c(CCNCC3CC3)c[nH]c2c1.